The highest BCUT2D eigenvalue weighted by molar-refractivity contribution is 7.19. The number of benzene rings is 1. The molecule has 0 spiro atoms. The fourth-order valence-corrected chi connectivity index (χ4v) is 7.27. The summed E-state index contributed by atoms with van der Waals surface area (Å²) >= 11 is 1.61. The van der Waals surface area contributed by atoms with Crippen LogP contribution in [0.4, 0.5) is 0 Å². The minimum Gasteiger partial charge on any atom is -0.383 e. The van der Waals surface area contributed by atoms with Crippen LogP contribution in [0.3, 0.4) is 0 Å². The van der Waals surface area contributed by atoms with Crippen LogP contribution in [0, 0.1) is 23.2 Å². The van der Waals surface area contributed by atoms with Crippen LogP contribution in [-0.4, -0.2) is 17.6 Å². The lowest BCUT2D eigenvalue weighted by Crippen LogP contribution is -2.55. The summed E-state index contributed by atoms with van der Waals surface area (Å²) in [6.07, 6.45) is 7.21. The van der Waals surface area contributed by atoms with Crippen molar-refractivity contribution >= 4 is 27.3 Å². The Labute approximate surface area is 158 Å². The molecule has 1 heterocycles. The minimum atomic E-state index is -1.03. The largest absolute Gasteiger partial charge is 0.383 e. The van der Waals surface area contributed by atoms with E-state index in [1.807, 2.05) is 19.1 Å². The number of hydrogen-bond donors (Lipinski definition) is 2. The Morgan fingerprint density at radius 3 is 2.42 bits per heavy atom. The van der Waals surface area contributed by atoms with Gasteiger partial charge in [-0.1, -0.05) is 18.2 Å². The van der Waals surface area contributed by atoms with E-state index in [1.165, 1.54) is 24.0 Å². The van der Waals surface area contributed by atoms with Gasteiger partial charge in [0, 0.05) is 15.0 Å². The molecule has 0 saturated heterocycles. The number of thiophene rings is 1. The van der Waals surface area contributed by atoms with Crippen LogP contribution in [0.15, 0.2) is 30.3 Å². The quantitative estimate of drug-likeness (QED) is 0.837. The molecule has 3 nitrogen and oxygen atoms in total. The summed E-state index contributed by atoms with van der Waals surface area (Å²) in [7, 11) is 0. The van der Waals surface area contributed by atoms with Crippen molar-refractivity contribution in [3.8, 4) is 0 Å². The molecule has 4 heteroatoms. The molecule has 4 saturated carbocycles. The third-order valence-electron chi connectivity index (χ3n) is 7.07. The highest BCUT2D eigenvalue weighted by atomic mass is 32.1. The molecule has 4 aliphatic rings. The minimum absolute atomic E-state index is 0.148. The summed E-state index contributed by atoms with van der Waals surface area (Å²) < 4.78 is 1.18. The van der Waals surface area contributed by atoms with Gasteiger partial charge >= 0.3 is 0 Å². The molecular weight excluding hydrogens is 342 g/mol. The molecule has 26 heavy (non-hydrogen) atoms. The smallest absolute Gasteiger partial charge is 0.226 e. The molecule has 1 amide bonds. The van der Waals surface area contributed by atoms with Gasteiger partial charge in [-0.15, -0.1) is 11.3 Å². The highest BCUT2D eigenvalue weighted by Gasteiger charge is 2.54. The first-order valence-electron chi connectivity index (χ1n) is 9.93. The van der Waals surface area contributed by atoms with Gasteiger partial charge in [-0.25, -0.2) is 0 Å². The second kappa shape index (κ2) is 5.80. The molecule has 1 aromatic heterocycles. The predicted octanol–water partition coefficient (Wildman–Crippen LogP) is 4.44. The fraction of sp³-hybridized carbons (Fsp3) is 0.591. The zero-order chi connectivity index (χ0) is 17.9. The van der Waals surface area contributed by atoms with Crippen molar-refractivity contribution in [1.29, 1.82) is 0 Å². The SMILES string of the molecule is CC(O)(CNC(=O)C12CC3CC(CC(C3)C1)C2)c1cc2ccccc2s1. The van der Waals surface area contributed by atoms with Crippen molar-refractivity contribution in [2.24, 2.45) is 23.2 Å². The molecule has 6 rings (SSSR count). The summed E-state index contributed by atoms with van der Waals surface area (Å²) in [5.41, 5.74) is -1.17. The van der Waals surface area contributed by atoms with Crippen LogP contribution in [-0.2, 0) is 10.4 Å². The Balaban J connectivity index is 1.31. The number of nitrogens with one attached hydrogen (secondary N) is 1. The Kier molecular flexibility index (Phi) is 3.74. The number of carbonyl (C=O) groups excluding carboxylic acids is 1. The first-order chi connectivity index (χ1) is 12.4. The highest BCUT2D eigenvalue weighted by Crippen LogP contribution is 2.60. The molecule has 2 N–H and O–H groups in total. The van der Waals surface area contributed by atoms with E-state index < -0.39 is 5.60 Å². The molecule has 4 bridgehead atoms. The number of rotatable bonds is 4. The van der Waals surface area contributed by atoms with Crippen molar-refractivity contribution in [2.75, 3.05) is 6.54 Å². The van der Waals surface area contributed by atoms with Gasteiger partial charge in [-0.3, -0.25) is 4.79 Å². The number of carbonyl (C=O) groups is 1. The molecule has 1 aromatic carbocycles. The van der Waals surface area contributed by atoms with Crippen LogP contribution < -0.4 is 5.32 Å². The standard InChI is InChI=1S/C22H27NO2S/c1-21(25,19-9-17-4-2-3-5-18(17)26-19)13-23-20(24)22-10-14-6-15(11-22)8-16(7-14)12-22/h2-5,9,14-16,25H,6-8,10-13H2,1H3,(H,23,24). The summed E-state index contributed by atoms with van der Waals surface area (Å²) in [5, 5.41) is 15.3. The van der Waals surface area contributed by atoms with E-state index in [-0.39, 0.29) is 11.3 Å². The van der Waals surface area contributed by atoms with E-state index in [4.69, 9.17) is 0 Å². The summed E-state index contributed by atoms with van der Waals surface area (Å²) in [5.74, 6) is 2.47. The monoisotopic (exact) mass is 369 g/mol. The Bertz CT molecular complexity index is 784. The summed E-state index contributed by atoms with van der Waals surface area (Å²) in [6.45, 7) is 2.11. The lowest BCUT2D eigenvalue weighted by molar-refractivity contribution is -0.147. The average Bonchev–Trinajstić information content (AvgIpc) is 3.03. The average molecular weight is 370 g/mol. The van der Waals surface area contributed by atoms with Gasteiger partial charge < -0.3 is 10.4 Å². The lowest BCUT2D eigenvalue weighted by Gasteiger charge is -2.55. The number of hydrogen-bond acceptors (Lipinski definition) is 3. The maximum absolute atomic E-state index is 13.1. The van der Waals surface area contributed by atoms with Crippen molar-refractivity contribution < 1.29 is 9.90 Å². The van der Waals surface area contributed by atoms with E-state index in [0.717, 1.165) is 47.3 Å². The molecule has 1 atom stereocenters. The molecule has 0 aliphatic heterocycles. The van der Waals surface area contributed by atoms with Gasteiger partial charge in [-0.2, -0.15) is 0 Å². The lowest BCUT2D eigenvalue weighted by atomic mass is 9.49. The van der Waals surface area contributed by atoms with E-state index in [2.05, 4.69) is 23.5 Å². The van der Waals surface area contributed by atoms with E-state index >= 15 is 0 Å². The molecule has 4 aliphatic carbocycles. The maximum Gasteiger partial charge on any atom is 0.226 e. The first-order valence-corrected chi connectivity index (χ1v) is 10.7. The maximum atomic E-state index is 13.1. The summed E-state index contributed by atoms with van der Waals surface area (Å²) in [4.78, 5) is 14.0. The topological polar surface area (TPSA) is 49.3 Å². The van der Waals surface area contributed by atoms with Crippen molar-refractivity contribution in [3.05, 3.63) is 35.2 Å². The first kappa shape index (κ1) is 16.8. The van der Waals surface area contributed by atoms with Crippen molar-refractivity contribution in [2.45, 2.75) is 51.0 Å². The fourth-order valence-electron chi connectivity index (χ4n) is 6.16. The number of amides is 1. The molecule has 0 radical (unpaired) electrons. The van der Waals surface area contributed by atoms with Crippen molar-refractivity contribution in [3.63, 3.8) is 0 Å². The third kappa shape index (κ3) is 2.69. The van der Waals surface area contributed by atoms with Crippen LogP contribution in [0.2, 0.25) is 0 Å². The predicted molar refractivity (Wildman–Crippen MR) is 105 cm³/mol. The van der Waals surface area contributed by atoms with Gasteiger partial charge in [-0.05, 0) is 80.7 Å². The van der Waals surface area contributed by atoms with Gasteiger partial charge in [0.2, 0.25) is 5.91 Å². The zero-order valence-corrected chi connectivity index (χ0v) is 16.1. The Morgan fingerprint density at radius 2 is 1.81 bits per heavy atom. The molecule has 2 aromatic rings. The zero-order valence-electron chi connectivity index (χ0n) is 15.3. The van der Waals surface area contributed by atoms with Crippen LogP contribution in [0.1, 0.15) is 50.3 Å². The van der Waals surface area contributed by atoms with Gasteiger partial charge in [0.15, 0.2) is 0 Å². The van der Waals surface area contributed by atoms with Crippen molar-refractivity contribution in [1.82, 2.24) is 5.32 Å². The molecular formula is C22H27NO2S. The second-order valence-corrected chi connectivity index (χ2v) is 10.4. The molecule has 1 unspecified atom stereocenters. The van der Waals surface area contributed by atoms with Crippen LogP contribution in [0.25, 0.3) is 10.1 Å². The Hall–Kier alpha value is -1.39. The second-order valence-electron chi connectivity index (χ2n) is 9.30. The summed E-state index contributed by atoms with van der Waals surface area (Å²) in [6, 6.07) is 10.2. The van der Waals surface area contributed by atoms with Gasteiger partial charge in [0.05, 0.1) is 6.54 Å². The number of fused-ring (bicyclic) bond motifs is 1. The molecule has 4 fully saturated rings. The van der Waals surface area contributed by atoms with Gasteiger partial charge in [0.25, 0.3) is 0 Å². The number of aliphatic hydroxyl groups is 1. The Morgan fingerprint density at radius 1 is 1.19 bits per heavy atom. The van der Waals surface area contributed by atoms with E-state index in [1.54, 1.807) is 11.3 Å². The normalized spacial score (nSPS) is 34.8. The van der Waals surface area contributed by atoms with Gasteiger partial charge in [0.1, 0.15) is 5.60 Å². The van der Waals surface area contributed by atoms with Crippen LogP contribution >= 0.6 is 11.3 Å². The van der Waals surface area contributed by atoms with E-state index in [0.29, 0.717) is 6.54 Å². The third-order valence-corrected chi connectivity index (χ3v) is 8.44. The van der Waals surface area contributed by atoms with Crippen LogP contribution in [0.5, 0.6) is 0 Å². The molecule has 138 valence electrons. The van der Waals surface area contributed by atoms with E-state index in [9.17, 15) is 9.90 Å².